The fraction of sp³-hybridized carbons (Fsp3) is 0.571. The van der Waals surface area contributed by atoms with Crippen LogP contribution in [0.1, 0.15) is 55.8 Å². The number of ether oxygens (including phenoxy) is 1. The lowest BCUT2D eigenvalue weighted by Gasteiger charge is -2.05. The topological polar surface area (TPSA) is 39.2 Å². The fourth-order valence-corrected chi connectivity index (χ4v) is 1.70. The molecule has 5 heteroatoms. The number of esters is 1. The van der Waals surface area contributed by atoms with Gasteiger partial charge in [-0.1, -0.05) is 39.0 Å². The van der Waals surface area contributed by atoms with Crippen LogP contribution in [-0.2, 0) is 4.74 Å². The van der Waals surface area contributed by atoms with Crippen LogP contribution in [0.4, 0.5) is 8.78 Å². The zero-order valence-electron chi connectivity index (χ0n) is 11.1. The van der Waals surface area contributed by atoms with Crippen LogP contribution in [0, 0.1) is 11.8 Å². The minimum absolute atomic E-state index is 0.230. The van der Waals surface area contributed by atoms with Gasteiger partial charge in [0.2, 0.25) is 5.95 Å². The first-order valence-corrected chi connectivity index (χ1v) is 6.64. The number of rotatable bonds is 8. The zero-order chi connectivity index (χ0) is 14.1. The second kappa shape index (κ2) is 8.56. The molecule has 106 valence electrons. The SMILES string of the molecule is CCCCCCCCOC(=O)c1ccnc(F)c1F. The van der Waals surface area contributed by atoms with Crippen molar-refractivity contribution in [1.82, 2.24) is 4.98 Å². The van der Waals surface area contributed by atoms with Crippen molar-refractivity contribution >= 4 is 5.97 Å². The maximum absolute atomic E-state index is 13.2. The molecule has 3 nitrogen and oxygen atoms in total. The average Bonchev–Trinajstić information content (AvgIpc) is 2.40. The second-order valence-electron chi connectivity index (χ2n) is 4.37. The van der Waals surface area contributed by atoms with E-state index in [1.54, 1.807) is 0 Å². The summed E-state index contributed by atoms with van der Waals surface area (Å²) in [5.41, 5.74) is -0.404. The molecule has 0 atom stereocenters. The molecule has 0 amide bonds. The van der Waals surface area contributed by atoms with Crippen LogP contribution in [-0.4, -0.2) is 17.6 Å². The molecular weight excluding hydrogens is 252 g/mol. The van der Waals surface area contributed by atoms with Crippen molar-refractivity contribution in [3.05, 3.63) is 29.6 Å². The van der Waals surface area contributed by atoms with E-state index in [1.807, 2.05) is 0 Å². The lowest BCUT2D eigenvalue weighted by Crippen LogP contribution is -2.10. The van der Waals surface area contributed by atoms with Crippen LogP contribution in [0.15, 0.2) is 12.3 Å². The predicted octanol–water partition coefficient (Wildman–Crippen LogP) is 3.88. The minimum atomic E-state index is -1.28. The fourth-order valence-electron chi connectivity index (χ4n) is 1.70. The van der Waals surface area contributed by atoms with E-state index in [2.05, 4.69) is 11.9 Å². The van der Waals surface area contributed by atoms with Crippen molar-refractivity contribution in [3.8, 4) is 0 Å². The molecule has 1 heterocycles. The molecule has 0 unspecified atom stereocenters. The molecule has 0 fully saturated rings. The van der Waals surface area contributed by atoms with E-state index < -0.39 is 23.3 Å². The molecule has 0 aliphatic rings. The number of hydrogen-bond donors (Lipinski definition) is 0. The summed E-state index contributed by atoms with van der Waals surface area (Å²) < 4.78 is 30.9. The minimum Gasteiger partial charge on any atom is -0.462 e. The summed E-state index contributed by atoms with van der Waals surface area (Å²) >= 11 is 0. The molecule has 0 N–H and O–H groups in total. The van der Waals surface area contributed by atoms with E-state index in [-0.39, 0.29) is 6.61 Å². The maximum Gasteiger partial charge on any atom is 0.341 e. The molecule has 1 aromatic rings. The van der Waals surface area contributed by atoms with Crippen LogP contribution in [0.25, 0.3) is 0 Å². The second-order valence-corrected chi connectivity index (χ2v) is 4.37. The van der Waals surface area contributed by atoms with E-state index in [1.165, 1.54) is 19.3 Å². The number of halogens is 2. The number of nitrogens with zero attached hydrogens (tertiary/aromatic N) is 1. The Bertz CT molecular complexity index is 410. The number of aromatic nitrogens is 1. The zero-order valence-corrected chi connectivity index (χ0v) is 11.1. The average molecular weight is 271 g/mol. The van der Waals surface area contributed by atoms with Crippen molar-refractivity contribution in [1.29, 1.82) is 0 Å². The molecule has 0 aromatic carbocycles. The van der Waals surface area contributed by atoms with Crippen molar-refractivity contribution in [2.45, 2.75) is 45.4 Å². The summed E-state index contributed by atoms with van der Waals surface area (Å²) in [4.78, 5) is 14.6. The Morgan fingerprint density at radius 1 is 1.21 bits per heavy atom. The lowest BCUT2D eigenvalue weighted by molar-refractivity contribution is 0.0490. The molecule has 0 saturated carbocycles. The first-order valence-electron chi connectivity index (χ1n) is 6.64. The Balaban J connectivity index is 2.26. The largest absolute Gasteiger partial charge is 0.462 e. The Morgan fingerprint density at radius 3 is 2.63 bits per heavy atom. The predicted molar refractivity (Wildman–Crippen MR) is 67.8 cm³/mol. The molecule has 0 aliphatic heterocycles. The van der Waals surface area contributed by atoms with Crippen molar-refractivity contribution in [2.75, 3.05) is 6.61 Å². The van der Waals surface area contributed by atoms with Crippen molar-refractivity contribution in [2.24, 2.45) is 0 Å². The molecule has 19 heavy (non-hydrogen) atoms. The van der Waals surface area contributed by atoms with Crippen LogP contribution < -0.4 is 0 Å². The summed E-state index contributed by atoms with van der Waals surface area (Å²) in [6, 6.07) is 1.11. The standard InChI is InChI=1S/C14H19F2NO2/c1-2-3-4-5-6-7-10-19-14(18)11-8-9-17-13(16)12(11)15/h8-9H,2-7,10H2,1H3. The molecule has 0 saturated heterocycles. The van der Waals surface area contributed by atoms with E-state index >= 15 is 0 Å². The monoisotopic (exact) mass is 271 g/mol. The highest BCUT2D eigenvalue weighted by atomic mass is 19.2. The van der Waals surface area contributed by atoms with Crippen LogP contribution in [0.2, 0.25) is 0 Å². The lowest BCUT2D eigenvalue weighted by atomic mass is 10.1. The van der Waals surface area contributed by atoms with Gasteiger partial charge in [0.05, 0.1) is 6.61 Å². The van der Waals surface area contributed by atoms with Crippen molar-refractivity contribution in [3.63, 3.8) is 0 Å². The van der Waals surface area contributed by atoms with Gasteiger partial charge < -0.3 is 4.74 Å². The van der Waals surface area contributed by atoms with Gasteiger partial charge in [-0.15, -0.1) is 0 Å². The van der Waals surface area contributed by atoms with Gasteiger partial charge >= 0.3 is 5.97 Å². The van der Waals surface area contributed by atoms with Crippen LogP contribution in [0.5, 0.6) is 0 Å². The van der Waals surface area contributed by atoms with Gasteiger partial charge in [0.1, 0.15) is 5.56 Å². The quantitative estimate of drug-likeness (QED) is 0.409. The Morgan fingerprint density at radius 2 is 1.89 bits per heavy atom. The van der Waals surface area contributed by atoms with Gasteiger partial charge in [-0.2, -0.15) is 4.39 Å². The van der Waals surface area contributed by atoms with E-state index in [0.29, 0.717) is 0 Å². The van der Waals surface area contributed by atoms with E-state index in [4.69, 9.17) is 4.74 Å². The summed E-state index contributed by atoms with van der Waals surface area (Å²) in [6.45, 7) is 2.37. The molecule has 0 radical (unpaired) electrons. The number of hydrogen-bond acceptors (Lipinski definition) is 3. The Labute approximate surface area is 112 Å². The first kappa shape index (κ1) is 15.5. The van der Waals surface area contributed by atoms with Gasteiger partial charge in [0.25, 0.3) is 0 Å². The van der Waals surface area contributed by atoms with Gasteiger partial charge in [0, 0.05) is 6.20 Å². The van der Waals surface area contributed by atoms with E-state index in [0.717, 1.165) is 31.5 Å². The highest BCUT2D eigenvalue weighted by molar-refractivity contribution is 5.89. The number of carbonyl (C=O) groups excluding carboxylic acids is 1. The van der Waals surface area contributed by atoms with Gasteiger partial charge in [-0.25, -0.2) is 14.2 Å². The highest BCUT2D eigenvalue weighted by Crippen LogP contribution is 2.11. The Kier molecular flexibility index (Phi) is 7.00. The normalized spacial score (nSPS) is 10.5. The Hall–Kier alpha value is -1.52. The summed E-state index contributed by atoms with van der Waals surface area (Å²) in [5.74, 6) is -3.38. The van der Waals surface area contributed by atoms with Gasteiger partial charge in [-0.05, 0) is 12.5 Å². The molecule has 1 rings (SSSR count). The molecule has 0 bridgehead atoms. The third-order valence-corrected chi connectivity index (χ3v) is 2.80. The molecular formula is C14H19F2NO2. The van der Waals surface area contributed by atoms with Crippen molar-refractivity contribution < 1.29 is 18.3 Å². The molecule has 1 aromatic heterocycles. The van der Waals surface area contributed by atoms with Gasteiger partial charge in [-0.3, -0.25) is 0 Å². The summed E-state index contributed by atoms with van der Waals surface area (Å²) in [7, 11) is 0. The van der Waals surface area contributed by atoms with Crippen LogP contribution >= 0.6 is 0 Å². The van der Waals surface area contributed by atoms with E-state index in [9.17, 15) is 13.6 Å². The molecule has 0 spiro atoms. The highest BCUT2D eigenvalue weighted by Gasteiger charge is 2.16. The third-order valence-electron chi connectivity index (χ3n) is 2.80. The number of unbranched alkanes of at least 4 members (excludes halogenated alkanes) is 5. The summed E-state index contributed by atoms with van der Waals surface area (Å²) in [5, 5.41) is 0. The smallest absolute Gasteiger partial charge is 0.341 e. The first-order chi connectivity index (χ1) is 9.16. The number of pyridine rings is 1. The maximum atomic E-state index is 13.2. The number of carbonyl (C=O) groups is 1. The van der Waals surface area contributed by atoms with Gasteiger partial charge in [0.15, 0.2) is 5.82 Å². The van der Waals surface area contributed by atoms with Crippen LogP contribution in [0.3, 0.4) is 0 Å². The third kappa shape index (κ3) is 5.32. The summed E-state index contributed by atoms with van der Waals surface area (Å²) in [6.07, 6.45) is 7.42. The molecule has 0 aliphatic carbocycles.